The lowest BCUT2D eigenvalue weighted by atomic mass is 9.88. The van der Waals surface area contributed by atoms with Gasteiger partial charge in [-0.25, -0.2) is 0 Å². The summed E-state index contributed by atoms with van der Waals surface area (Å²) in [4.78, 5) is 13.3. The van der Waals surface area contributed by atoms with E-state index < -0.39 is 5.97 Å². The van der Waals surface area contributed by atoms with E-state index in [9.17, 15) is 4.79 Å². The molecule has 1 N–H and O–H groups in total. The molecule has 0 aromatic heterocycles. The van der Waals surface area contributed by atoms with Gasteiger partial charge in [-0.15, -0.1) is 0 Å². The average Bonchev–Trinajstić information content (AvgIpc) is 2.13. The molecular weight excluding hydrogens is 202 g/mol. The summed E-state index contributed by atoms with van der Waals surface area (Å²) in [6.45, 7) is 11.7. The molecule has 3 heteroatoms. The van der Waals surface area contributed by atoms with E-state index in [1.54, 1.807) is 0 Å². The maximum Gasteiger partial charge on any atom is 0.307 e. The van der Waals surface area contributed by atoms with Gasteiger partial charge in [-0.3, -0.25) is 4.79 Å². The highest BCUT2D eigenvalue weighted by Crippen LogP contribution is 2.24. The van der Waals surface area contributed by atoms with Gasteiger partial charge >= 0.3 is 5.97 Å². The van der Waals surface area contributed by atoms with Crippen LogP contribution in [0.4, 0.5) is 0 Å². The van der Waals surface area contributed by atoms with Crippen molar-refractivity contribution in [1.82, 2.24) is 4.90 Å². The van der Waals surface area contributed by atoms with Crippen LogP contribution >= 0.6 is 0 Å². The molecule has 0 bridgehead atoms. The zero-order chi connectivity index (χ0) is 12.3. The van der Waals surface area contributed by atoms with Crippen LogP contribution < -0.4 is 0 Å². The molecule has 3 nitrogen and oxygen atoms in total. The van der Waals surface area contributed by atoms with Gasteiger partial charge in [0.05, 0.1) is 5.92 Å². The first kappa shape index (κ1) is 13.5. The zero-order valence-corrected chi connectivity index (χ0v) is 11.0. The Labute approximate surface area is 98.8 Å². The van der Waals surface area contributed by atoms with Crippen LogP contribution in [0.25, 0.3) is 0 Å². The molecule has 0 aliphatic carbocycles. The fourth-order valence-corrected chi connectivity index (χ4v) is 2.32. The van der Waals surface area contributed by atoms with Gasteiger partial charge in [-0.05, 0) is 30.7 Å². The minimum atomic E-state index is -0.632. The number of nitrogens with zero attached hydrogens (tertiary/aromatic N) is 1. The smallest absolute Gasteiger partial charge is 0.307 e. The summed E-state index contributed by atoms with van der Waals surface area (Å²) < 4.78 is 0. The van der Waals surface area contributed by atoms with Crippen LogP contribution in [-0.4, -0.2) is 35.6 Å². The Balaban J connectivity index is 2.45. The zero-order valence-electron chi connectivity index (χ0n) is 11.0. The molecule has 1 fully saturated rings. The van der Waals surface area contributed by atoms with Crippen molar-refractivity contribution >= 4 is 5.97 Å². The Morgan fingerprint density at radius 1 is 1.38 bits per heavy atom. The number of carbonyl (C=O) groups is 1. The highest BCUT2D eigenvalue weighted by molar-refractivity contribution is 5.70. The standard InChI is InChI=1S/C13H25NO2/c1-10-7-11(12(15)16)9-14(8-10)6-5-13(2,3)4/h10-11H,5-9H2,1-4H3,(H,15,16). The fraction of sp³-hybridized carbons (Fsp3) is 0.923. The number of carboxylic acids is 1. The van der Waals surface area contributed by atoms with Crippen molar-refractivity contribution in [3.05, 3.63) is 0 Å². The topological polar surface area (TPSA) is 40.5 Å². The van der Waals surface area contributed by atoms with Gasteiger partial charge in [-0.1, -0.05) is 27.7 Å². The lowest BCUT2D eigenvalue weighted by Crippen LogP contribution is -2.43. The monoisotopic (exact) mass is 227 g/mol. The summed E-state index contributed by atoms with van der Waals surface area (Å²) in [6.07, 6.45) is 1.97. The van der Waals surface area contributed by atoms with Gasteiger partial charge in [0.25, 0.3) is 0 Å². The fourth-order valence-electron chi connectivity index (χ4n) is 2.32. The predicted octanol–water partition coefficient (Wildman–Crippen LogP) is 2.47. The molecule has 0 radical (unpaired) electrons. The number of rotatable bonds is 3. The van der Waals surface area contributed by atoms with Crippen LogP contribution in [0.15, 0.2) is 0 Å². The van der Waals surface area contributed by atoms with Crippen LogP contribution in [0.5, 0.6) is 0 Å². The normalized spacial score (nSPS) is 28.0. The SMILES string of the molecule is CC1CC(C(=O)O)CN(CCC(C)(C)C)C1. The van der Waals surface area contributed by atoms with E-state index >= 15 is 0 Å². The van der Waals surface area contributed by atoms with E-state index in [1.165, 1.54) is 0 Å². The summed E-state index contributed by atoms with van der Waals surface area (Å²) in [5, 5.41) is 9.08. The minimum Gasteiger partial charge on any atom is -0.481 e. The molecule has 2 atom stereocenters. The summed E-state index contributed by atoms with van der Waals surface area (Å²) in [7, 11) is 0. The Hall–Kier alpha value is -0.570. The van der Waals surface area contributed by atoms with Crippen LogP contribution in [0.1, 0.15) is 40.5 Å². The van der Waals surface area contributed by atoms with Crippen molar-refractivity contribution in [2.45, 2.75) is 40.5 Å². The van der Waals surface area contributed by atoms with Crippen molar-refractivity contribution in [2.75, 3.05) is 19.6 Å². The van der Waals surface area contributed by atoms with Crippen molar-refractivity contribution in [2.24, 2.45) is 17.3 Å². The second-order valence-electron chi connectivity index (χ2n) is 6.45. The summed E-state index contributed by atoms with van der Waals surface area (Å²) in [5.74, 6) is -0.286. The Morgan fingerprint density at radius 2 is 2.00 bits per heavy atom. The van der Waals surface area contributed by atoms with Crippen LogP contribution in [0.2, 0.25) is 0 Å². The van der Waals surface area contributed by atoms with Crippen molar-refractivity contribution in [3.63, 3.8) is 0 Å². The first-order valence-electron chi connectivity index (χ1n) is 6.23. The van der Waals surface area contributed by atoms with E-state index in [1.807, 2.05) is 0 Å². The van der Waals surface area contributed by atoms with E-state index in [-0.39, 0.29) is 5.92 Å². The number of carboxylic acid groups (broad SMARTS) is 1. The Bertz CT molecular complexity index is 245. The van der Waals surface area contributed by atoms with Crippen LogP contribution in [-0.2, 0) is 4.79 Å². The minimum absolute atomic E-state index is 0.163. The number of hydrogen-bond acceptors (Lipinski definition) is 2. The molecule has 0 saturated carbocycles. The molecule has 1 aliphatic rings. The van der Waals surface area contributed by atoms with E-state index in [0.29, 0.717) is 11.3 Å². The third-order valence-electron chi connectivity index (χ3n) is 3.26. The van der Waals surface area contributed by atoms with Gasteiger partial charge in [-0.2, -0.15) is 0 Å². The van der Waals surface area contributed by atoms with Gasteiger partial charge in [0.2, 0.25) is 0 Å². The molecule has 1 aliphatic heterocycles. The molecule has 0 aromatic rings. The first-order chi connectivity index (χ1) is 7.28. The lowest BCUT2D eigenvalue weighted by Gasteiger charge is -2.36. The third-order valence-corrected chi connectivity index (χ3v) is 3.26. The van der Waals surface area contributed by atoms with E-state index in [0.717, 1.165) is 32.5 Å². The van der Waals surface area contributed by atoms with Crippen molar-refractivity contribution in [3.8, 4) is 0 Å². The molecule has 2 unspecified atom stereocenters. The Morgan fingerprint density at radius 3 is 2.50 bits per heavy atom. The van der Waals surface area contributed by atoms with Gasteiger partial charge < -0.3 is 10.0 Å². The molecule has 1 heterocycles. The predicted molar refractivity (Wildman–Crippen MR) is 65.4 cm³/mol. The average molecular weight is 227 g/mol. The maximum absolute atomic E-state index is 11.0. The highest BCUT2D eigenvalue weighted by atomic mass is 16.4. The number of aliphatic carboxylic acids is 1. The van der Waals surface area contributed by atoms with Crippen LogP contribution in [0.3, 0.4) is 0 Å². The molecule has 94 valence electrons. The van der Waals surface area contributed by atoms with Crippen LogP contribution in [0, 0.1) is 17.3 Å². The van der Waals surface area contributed by atoms with Gasteiger partial charge in [0.1, 0.15) is 0 Å². The molecule has 0 aromatic carbocycles. The van der Waals surface area contributed by atoms with Crippen molar-refractivity contribution in [1.29, 1.82) is 0 Å². The first-order valence-corrected chi connectivity index (χ1v) is 6.23. The molecular formula is C13H25NO2. The maximum atomic E-state index is 11.0. The number of hydrogen-bond donors (Lipinski definition) is 1. The largest absolute Gasteiger partial charge is 0.481 e. The number of likely N-dealkylation sites (tertiary alicyclic amines) is 1. The lowest BCUT2D eigenvalue weighted by molar-refractivity contribution is -0.144. The molecule has 0 spiro atoms. The third kappa shape index (κ3) is 4.52. The van der Waals surface area contributed by atoms with Gasteiger partial charge in [0, 0.05) is 13.1 Å². The van der Waals surface area contributed by atoms with Gasteiger partial charge in [0.15, 0.2) is 0 Å². The summed E-state index contributed by atoms with van der Waals surface area (Å²) in [5.41, 5.74) is 0.333. The number of piperidine rings is 1. The second-order valence-corrected chi connectivity index (χ2v) is 6.45. The van der Waals surface area contributed by atoms with E-state index in [4.69, 9.17) is 5.11 Å². The molecule has 1 saturated heterocycles. The summed E-state index contributed by atoms with van der Waals surface area (Å²) >= 11 is 0. The molecule has 0 amide bonds. The highest BCUT2D eigenvalue weighted by Gasteiger charge is 2.29. The van der Waals surface area contributed by atoms with E-state index in [2.05, 4.69) is 32.6 Å². The second kappa shape index (κ2) is 5.17. The molecule has 1 rings (SSSR count). The Kier molecular flexibility index (Phi) is 4.36. The quantitative estimate of drug-likeness (QED) is 0.805. The van der Waals surface area contributed by atoms with Crippen molar-refractivity contribution < 1.29 is 9.90 Å². The molecule has 16 heavy (non-hydrogen) atoms. The summed E-state index contributed by atoms with van der Waals surface area (Å²) in [6, 6.07) is 0.